The maximum absolute atomic E-state index is 12.4. The van der Waals surface area contributed by atoms with Crippen LogP contribution in [0.5, 0.6) is 0 Å². The van der Waals surface area contributed by atoms with E-state index in [9.17, 15) is 13.2 Å². The molecule has 1 heterocycles. The van der Waals surface area contributed by atoms with E-state index in [0.717, 1.165) is 25.9 Å². The van der Waals surface area contributed by atoms with Crippen molar-refractivity contribution in [2.45, 2.75) is 17.7 Å². The highest BCUT2D eigenvalue weighted by Gasteiger charge is 2.25. The van der Waals surface area contributed by atoms with Crippen molar-refractivity contribution in [3.8, 4) is 0 Å². The van der Waals surface area contributed by atoms with E-state index < -0.39 is 10.0 Å². The number of sulfonamides is 1. The van der Waals surface area contributed by atoms with Crippen LogP contribution < -0.4 is 10.0 Å². The molecule has 1 saturated heterocycles. The van der Waals surface area contributed by atoms with E-state index in [-0.39, 0.29) is 10.8 Å². The normalized spacial score (nSPS) is 19.2. The third-order valence-electron chi connectivity index (χ3n) is 4.05. The SMILES string of the molecule is O=C(c1cccc(S(=O)(=O)NCC2CC2)c1)N1CCNCC1. The highest BCUT2D eigenvalue weighted by molar-refractivity contribution is 7.89. The molecular weight excluding hydrogens is 302 g/mol. The Morgan fingerprint density at radius 1 is 1.27 bits per heavy atom. The van der Waals surface area contributed by atoms with E-state index in [2.05, 4.69) is 10.0 Å². The number of hydrogen-bond acceptors (Lipinski definition) is 4. The van der Waals surface area contributed by atoms with Gasteiger partial charge in [-0.2, -0.15) is 0 Å². The molecule has 2 aliphatic rings. The fourth-order valence-electron chi connectivity index (χ4n) is 2.48. The summed E-state index contributed by atoms with van der Waals surface area (Å²) in [6.07, 6.45) is 2.17. The molecule has 0 spiro atoms. The lowest BCUT2D eigenvalue weighted by molar-refractivity contribution is 0.0735. The molecule has 1 saturated carbocycles. The van der Waals surface area contributed by atoms with Gasteiger partial charge < -0.3 is 10.2 Å². The first-order chi connectivity index (χ1) is 10.6. The van der Waals surface area contributed by atoms with Crippen molar-refractivity contribution in [1.82, 2.24) is 14.9 Å². The van der Waals surface area contributed by atoms with Crippen LogP contribution >= 0.6 is 0 Å². The number of benzene rings is 1. The highest BCUT2D eigenvalue weighted by atomic mass is 32.2. The molecule has 1 aliphatic carbocycles. The van der Waals surface area contributed by atoms with Crippen molar-refractivity contribution in [1.29, 1.82) is 0 Å². The summed E-state index contributed by atoms with van der Waals surface area (Å²) < 4.78 is 27.2. The Balaban J connectivity index is 1.74. The zero-order valence-corrected chi connectivity index (χ0v) is 13.2. The van der Waals surface area contributed by atoms with Gasteiger partial charge in [0.05, 0.1) is 4.90 Å². The molecule has 1 amide bonds. The summed E-state index contributed by atoms with van der Waals surface area (Å²) in [5.74, 6) is 0.362. The molecule has 0 radical (unpaired) electrons. The van der Waals surface area contributed by atoms with E-state index in [1.54, 1.807) is 17.0 Å². The number of hydrogen-bond donors (Lipinski definition) is 2. The van der Waals surface area contributed by atoms with E-state index in [1.165, 1.54) is 12.1 Å². The average Bonchev–Trinajstić information content (AvgIpc) is 3.38. The Labute approximate surface area is 130 Å². The number of carbonyl (C=O) groups is 1. The third-order valence-corrected chi connectivity index (χ3v) is 5.48. The molecule has 22 heavy (non-hydrogen) atoms. The van der Waals surface area contributed by atoms with Gasteiger partial charge in [0.1, 0.15) is 0 Å². The van der Waals surface area contributed by atoms with Gasteiger partial charge in [0, 0.05) is 38.3 Å². The van der Waals surface area contributed by atoms with E-state index in [4.69, 9.17) is 0 Å². The first kappa shape index (κ1) is 15.5. The second kappa shape index (κ2) is 6.36. The Bertz CT molecular complexity index is 650. The minimum Gasteiger partial charge on any atom is -0.336 e. The largest absolute Gasteiger partial charge is 0.336 e. The zero-order valence-electron chi connectivity index (χ0n) is 12.4. The van der Waals surface area contributed by atoms with Crippen LogP contribution in [0.2, 0.25) is 0 Å². The second-order valence-electron chi connectivity index (χ2n) is 5.87. The molecular formula is C15H21N3O3S. The number of carbonyl (C=O) groups excluding carboxylic acids is 1. The maximum atomic E-state index is 12.4. The predicted octanol–water partition coefficient (Wildman–Crippen LogP) is 0.420. The second-order valence-corrected chi connectivity index (χ2v) is 7.63. The Morgan fingerprint density at radius 2 is 2.00 bits per heavy atom. The van der Waals surface area contributed by atoms with E-state index in [1.807, 2.05) is 0 Å². The van der Waals surface area contributed by atoms with Crippen molar-refractivity contribution < 1.29 is 13.2 Å². The van der Waals surface area contributed by atoms with Gasteiger partial charge in [0.15, 0.2) is 0 Å². The molecule has 3 rings (SSSR count). The topological polar surface area (TPSA) is 78.5 Å². The van der Waals surface area contributed by atoms with Crippen LogP contribution in [-0.2, 0) is 10.0 Å². The summed E-state index contributed by atoms with van der Waals surface area (Å²) in [6, 6.07) is 6.30. The van der Waals surface area contributed by atoms with Crippen LogP contribution in [0.15, 0.2) is 29.2 Å². The van der Waals surface area contributed by atoms with Crippen LogP contribution in [0.3, 0.4) is 0 Å². The number of rotatable bonds is 5. The summed E-state index contributed by atoms with van der Waals surface area (Å²) in [5.41, 5.74) is 0.427. The number of nitrogens with zero attached hydrogens (tertiary/aromatic N) is 1. The lowest BCUT2D eigenvalue weighted by atomic mass is 10.2. The molecule has 2 fully saturated rings. The quantitative estimate of drug-likeness (QED) is 0.823. The molecule has 0 bridgehead atoms. The summed E-state index contributed by atoms with van der Waals surface area (Å²) in [4.78, 5) is 14.3. The highest BCUT2D eigenvalue weighted by Crippen LogP contribution is 2.28. The van der Waals surface area contributed by atoms with Gasteiger partial charge in [0.2, 0.25) is 10.0 Å². The van der Waals surface area contributed by atoms with E-state index in [0.29, 0.717) is 31.1 Å². The molecule has 1 aromatic carbocycles. The van der Waals surface area contributed by atoms with Crippen LogP contribution in [0.25, 0.3) is 0 Å². The fraction of sp³-hybridized carbons (Fsp3) is 0.533. The van der Waals surface area contributed by atoms with Crippen molar-refractivity contribution in [3.05, 3.63) is 29.8 Å². The number of amides is 1. The summed E-state index contributed by atoms with van der Waals surface area (Å²) >= 11 is 0. The zero-order chi connectivity index (χ0) is 15.6. The van der Waals surface area contributed by atoms with Crippen molar-refractivity contribution in [2.75, 3.05) is 32.7 Å². The average molecular weight is 323 g/mol. The molecule has 120 valence electrons. The molecule has 0 unspecified atom stereocenters. The van der Waals surface area contributed by atoms with Gasteiger partial charge in [0.25, 0.3) is 5.91 Å². The summed E-state index contributed by atoms with van der Waals surface area (Å²) in [5, 5.41) is 3.19. The van der Waals surface area contributed by atoms with Crippen LogP contribution in [-0.4, -0.2) is 51.9 Å². The van der Waals surface area contributed by atoms with Gasteiger partial charge in [-0.05, 0) is 37.0 Å². The van der Waals surface area contributed by atoms with Gasteiger partial charge in [-0.25, -0.2) is 13.1 Å². The molecule has 0 atom stereocenters. The minimum absolute atomic E-state index is 0.110. The van der Waals surface area contributed by atoms with E-state index >= 15 is 0 Å². The smallest absolute Gasteiger partial charge is 0.253 e. The monoisotopic (exact) mass is 323 g/mol. The van der Waals surface area contributed by atoms with Gasteiger partial charge in [-0.3, -0.25) is 4.79 Å². The molecule has 0 aromatic heterocycles. The molecule has 1 aromatic rings. The first-order valence-electron chi connectivity index (χ1n) is 7.66. The molecule has 7 heteroatoms. The number of nitrogens with one attached hydrogen (secondary N) is 2. The van der Waals surface area contributed by atoms with Crippen LogP contribution in [0.4, 0.5) is 0 Å². The minimum atomic E-state index is -3.54. The van der Waals surface area contributed by atoms with Gasteiger partial charge >= 0.3 is 0 Å². The van der Waals surface area contributed by atoms with Crippen molar-refractivity contribution >= 4 is 15.9 Å². The summed E-state index contributed by atoms with van der Waals surface area (Å²) in [7, 11) is -3.54. The Morgan fingerprint density at radius 3 is 2.68 bits per heavy atom. The van der Waals surface area contributed by atoms with Crippen molar-refractivity contribution in [2.24, 2.45) is 5.92 Å². The van der Waals surface area contributed by atoms with Crippen LogP contribution in [0, 0.1) is 5.92 Å². The lowest BCUT2D eigenvalue weighted by Crippen LogP contribution is -2.46. The fourth-order valence-corrected chi connectivity index (χ4v) is 3.64. The maximum Gasteiger partial charge on any atom is 0.253 e. The predicted molar refractivity (Wildman–Crippen MR) is 83.1 cm³/mol. The first-order valence-corrected chi connectivity index (χ1v) is 9.14. The molecule has 1 aliphatic heterocycles. The molecule has 2 N–H and O–H groups in total. The summed E-state index contributed by atoms with van der Waals surface area (Å²) in [6.45, 7) is 3.32. The van der Waals surface area contributed by atoms with Crippen LogP contribution in [0.1, 0.15) is 23.2 Å². The number of piperazine rings is 1. The molecule has 6 nitrogen and oxygen atoms in total. The van der Waals surface area contributed by atoms with Crippen molar-refractivity contribution in [3.63, 3.8) is 0 Å². The standard InChI is InChI=1S/C15H21N3O3S/c19-15(18-8-6-16-7-9-18)13-2-1-3-14(10-13)22(20,21)17-11-12-4-5-12/h1-3,10,12,16-17H,4-9,11H2. The Hall–Kier alpha value is -1.44. The third kappa shape index (κ3) is 3.66. The van der Waals surface area contributed by atoms with Gasteiger partial charge in [-0.15, -0.1) is 0 Å². The Kier molecular flexibility index (Phi) is 4.46. The lowest BCUT2D eigenvalue weighted by Gasteiger charge is -2.27. The van der Waals surface area contributed by atoms with Gasteiger partial charge in [-0.1, -0.05) is 6.07 Å².